The number of amides is 2. The largest absolute Gasteiger partial charge is 0.389 e. The smallest absolute Gasteiger partial charge is 0.254 e. The molecule has 1 N–H and O–H groups in total. The van der Waals surface area contributed by atoms with Gasteiger partial charge in [0.25, 0.3) is 5.91 Å². The van der Waals surface area contributed by atoms with E-state index >= 15 is 0 Å². The normalized spacial score (nSPS) is 18.4. The van der Waals surface area contributed by atoms with Gasteiger partial charge in [-0.3, -0.25) is 14.6 Å². The third kappa shape index (κ3) is 3.78. The second kappa shape index (κ2) is 7.23. The van der Waals surface area contributed by atoms with Gasteiger partial charge < -0.3 is 14.9 Å². The Labute approximate surface area is 140 Å². The summed E-state index contributed by atoms with van der Waals surface area (Å²) < 4.78 is 0. The number of β-amino-alcohol motifs (C(OH)–C–C–N with tert-alkyl or cyclic N) is 1. The zero-order chi connectivity index (χ0) is 16.9. The lowest BCUT2D eigenvalue weighted by Crippen LogP contribution is -2.39. The number of nitrogens with zero attached hydrogens (tertiary/aromatic N) is 3. The molecule has 0 bridgehead atoms. The number of pyridine rings is 1. The summed E-state index contributed by atoms with van der Waals surface area (Å²) in [7, 11) is 0. The highest BCUT2D eigenvalue weighted by Crippen LogP contribution is 2.13. The van der Waals surface area contributed by atoms with Crippen molar-refractivity contribution in [2.45, 2.75) is 12.6 Å². The van der Waals surface area contributed by atoms with E-state index in [1.807, 2.05) is 30.3 Å². The maximum Gasteiger partial charge on any atom is 0.254 e. The molecule has 1 aromatic heterocycles. The van der Waals surface area contributed by atoms with E-state index in [-0.39, 0.29) is 31.4 Å². The van der Waals surface area contributed by atoms with Crippen LogP contribution in [0.3, 0.4) is 0 Å². The van der Waals surface area contributed by atoms with Gasteiger partial charge in [0.1, 0.15) is 6.54 Å². The van der Waals surface area contributed by atoms with E-state index in [1.54, 1.807) is 17.0 Å². The summed E-state index contributed by atoms with van der Waals surface area (Å²) in [6.45, 7) is 0.741. The molecule has 24 heavy (non-hydrogen) atoms. The van der Waals surface area contributed by atoms with Gasteiger partial charge in [-0.2, -0.15) is 0 Å². The van der Waals surface area contributed by atoms with Crippen LogP contribution in [0.5, 0.6) is 0 Å². The molecule has 1 aromatic carbocycles. The van der Waals surface area contributed by atoms with Crippen LogP contribution in [0.2, 0.25) is 0 Å². The van der Waals surface area contributed by atoms with E-state index in [0.717, 1.165) is 5.56 Å². The van der Waals surface area contributed by atoms with Crippen LogP contribution < -0.4 is 0 Å². The molecule has 1 aliphatic rings. The fraction of sp³-hybridized carbons (Fsp3) is 0.278. The Morgan fingerprint density at radius 3 is 2.54 bits per heavy atom. The molecule has 124 valence electrons. The molecule has 3 rings (SSSR count). The van der Waals surface area contributed by atoms with Gasteiger partial charge >= 0.3 is 0 Å². The average Bonchev–Trinajstić information content (AvgIpc) is 2.74. The van der Waals surface area contributed by atoms with Crippen LogP contribution in [0.25, 0.3) is 0 Å². The quantitative estimate of drug-likeness (QED) is 0.911. The summed E-state index contributed by atoms with van der Waals surface area (Å²) in [4.78, 5) is 31.9. The maximum atomic E-state index is 12.5. The summed E-state index contributed by atoms with van der Waals surface area (Å²) in [5, 5.41) is 10.2. The average molecular weight is 325 g/mol. The van der Waals surface area contributed by atoms with Crippen molar-refractivity contribution in [3.05, 3.63) is 66.0 Å². The number of hydrogen-bond acceptors (Lipinski definition) is 4. The molecule has 6 nitrogen and oxygen atoms in total. The highest BCUT2D eigenvalue weighted by Gasteiger charge is 2.29. The van der Waals surface area contributed by atoms with Gasteiger partial charge in [-0.1, -0.05) is 30.3 Å². The van der Waals surface area contributed by atoms with Crippen molar-refractivity contribution in [1.29, 1.82) is 0 Å². The molecule has 2 heterocycles. The van der Waals surface area contributed by atoms with Crippen molar-refractivity contribution in [3.63, 3.8) is 0 Å². The van der Waals surface area contributed by atoms with Crippen LogP contribution in [0.1, 0.15) is 15.9 Å². The van der Waals surface area contributed by atoms with Gasteiger partial charge in [-0.05, 0) is 17.7 Å². The van der Waals surface area contributed by atoms with E-state index in [9.17, 15) is 14.7 Å². The maximum absolute atomic E-state index is 12.5. The van der Waals surface area contributed by atoms with Gasteiger partial charge in [0.2, 0.25) is 5.91 Å². The first-order valence-corrected chi connectivity index (χ1v) is 7.82. The Morgan fingerprint density at radius 1 is 1.12 bits per heavy atom. The Hall–Kier alpha value is -2.73. The fourth-order valence-electron chi connectivity index (χ4n) is 2.78. The molecule has 1 unspecified atom stereocenters. The summed E-state index contributed by atoms with van der Waals surface area (Å²) >= 11 is 0. The number of hydrogen-bond donors (Lipinski definition) is 1. The highest BCUT2D eigenvalue weighted by molar-refractivity contribution is 5.96. The number of carbonyl (C=O) groups is 2. The van der Waals surface area contributed by atoms with Crippen molar-refractivity contribution in [2.75, 3.05) is 19.6 Å². The molecule has 1 atom stereocenters. The minimum absolute atomic E-state index is 0.0367. The minimum atomic E-state index is -0.772. The van der Waals surface area contributed by atoms with Crippen LogP contribution in [-0.4, -0.2) is 57.4 Å². The van der Waals surface area contributed by atoms with E-state index < -0.39 is 6.10 Å². The molecular formula is C18H19N3O3. The molecule has 0 aliphatic carbocycles. The van der Waals surface area contributed by atoms with Gasteiger partial charge in [0.15, 0.2) is 0 Å². The number of rotatable bonds is 3. The first-order chi connectivity index (χ1) is 11.6. The SMILES string of the molecule is O=C1CN(C(=O)c2ccncc2)CC(O)CN1Cc1ccccc1. The Morgan fingerprint density at radius 2 is 1.83 bits per heavy atom. The van der Waals surface area contributed by atoms with E-state index in [0.29, 0.717) is 12.1 Å². The van der Waals surface area contributed by atoms with Gasteiger partial charge in [0, 0.05) is 37.6 Å². The molecule has 1 aliphatic heterocycles. The second-order valence-corrected chi connectivity index (χ2v) is 5.84. The number of aromatic nitrogens is 1. The predicted molar refractivity (Wildman–Crippen MR) is 88.0 cm³/mol. The summed E-state index contributed by atoms with van der Waals surface area (Å²) in [6.07, 6.45) is 2.29. The third-order valence-corrected chi connectivity index (χ3v) is 3.97. The van der Waals surface area contributed by atoms with Crippen molar-refractivity contribution in [2.24, 2.45) is 0 Å². The lowest BCUT2D eigenvalue weighted by Gasteiger charge is -2.22. The first-order valence-electron chi connectivity index (χ1n) is 7.82. The summed E-state index contributed by atoms with van der Waals surface area (Å²) in [5.41, 5.74) is 1.45. The molecule has 0 radical (unpaired) electrons. The van der Waals surface area contributed by atoms with Crippen LogP contribution >= 0.6 is 0 Å². The Balaban J connectivity index is 1.73. The Kier molecular flexibility index (Phi) is 4.86. The minimum Gasteiger partial charge on any atom is -0.389 e. The lowest BCUT2D eigenvalue weighted by atomic mass is 10.2. The van der Waals surface area contributed by atoms with Crippen LogP contribution in [0.15, 0.2) is 54.9 Å². The molecule has 1 fully saturated rings. The zero-order valence-electron chi connectivity index (χ0n) is 13.2. The summed E-state index contributed by atoms with van der Waals surface area (Å²) in [5.74, 6) is -0.441. The number of aliphatic hydroxyl groups is 1. The third-order valence-electron chi connectivity index (χ3n) is 3.97. The van der Waals surface area contributed by atoms with Crippen LogP contribution in [0, 0.1) is 0 Å². The van der Waals surface area contributed by atoms with Crippen LogP contribution in [0.4, 0.5) is 0 Å². The molecule has 2 amide bonds. The molecule has 0 spiro atoms. The van der Waals surface area contributed by atoms with Crippen molar-refractivity contribution >= 4 is 11.8 Å². The molecule has 2 aromatic rings. The van der Waals surface area contributed by atoms with Crippen molar-refractivity contribution < 1.29 is 14.7 Å². The molecule has 0 saturated carbocycles. The number of benzene rings is 1. The van der Waals surface area contributed by atoms with Crippen molar-refractivity contribution in [1.82, 2.24) is 14.8 Å². The predicted octanol–water partition coefficient (Wildman–Crippen LogP) is 0.927. The number of carbonyl (C=O) groups excluding carboxylic acids is 2. The first kappa shape index (κ1) is 16.1. The van der Waals surface area contributed by atoms with E-state index in [4.69, 9.17) is 0 Å². The van der Waals surface area contributed by atoms with Gasteiger partial charge in [0.05, 0.1) is 6.10 Å². The fourth-order valence-corrected chi connectivity index (χ4v) is 2.78. The molecule has 1 saturated heterocycles. The summed E-state index contributed by atoms with van der Waals surface area (Å²) in [6, 6.07) is 12.8. The van der Waals surface area contributed by atoms with Gasteiger partial charge in [-0.25, -0.2) is 0 Å². The zero-order valence-corrected chi connectivity index (χ0v) is 13.2. The lowest BCUT2D eigenvalue weighted by molar-refractivity contribution is -0.131. The van der Waals surface area contributed by atoms with Crippen LogP contribution in [-0.2, 0) is 11.3 Å². The van der Waals surface area contributed by atoms with Gasteiger partial charge in [-0.15, -0.1) is 0 Å². The van der Waals surface area contributed by atoms with E-state index in [2.05, 4.69) is 4.98 Å². The monoisotopic (exact) mass is 325 g/mol. The topological polar surface area (TPSA) is 73.7 Å². The molecular weight excluding hydrogens is 306 g/mol. The standard InChI is InChI=1S/C18H19N3O3/c22-16-11-20(10-14-4-2-1-3-5-14)17(23)13-21(12-16)18(24)15-6-8-19-9-7-15/h1-9,16,22H,10-13H2. The highest BCUT2D eigenvalue weighted by atomic mass is 16.3. The Bertz CT molecular complexity index is 706. The van der Waals surface area contributed by atoms with E-state index in [1.165, 1.54) is 17.3 Å². The number of aliphatic hydroxyl groups excluding tert-OH is 1. The van der Waals surface area contributed by atoms with Crippen molar-refractivity contribution in [3.8, 4) is 0 Å². The second-order valence-electron chi connectivity index (χ2n) is 5.84. The molecule has 6 heteroatoms.